The van der Waals surface area contributed by atoms with Crippen molar-refractivity contribution in [2.45, 2.75) is 45.3 Å². The lowest BCUT2D eigenvalue weighted by Crippen LogP contribution is -2.61. The van der Waals surface area contributed by atoms with Crippen LogP contribution in [-0.2, 0) is 16.2 Å². The van der Waals surface area contributed by atoms with Crippen molar-refractivity contribution in [1.29, 1.82) is 0 Å². The summed E-state index contributed by atoms with van der Waals surface area (Å²) in [6.45, 7) is 7.81. The summed E-state index contributed by atoms with van der Waals surface area (Å²) in [6, 6.07) is 10.2. The van der Waals surface area contributed by atoms with Gasteiger partial charge in [-0.3, -0.25) is 9.69 Å². The first-order chi connectivity index (χ1) is 17.2. The predicted molar refractivity (Wildman–Crippen MR) is 136 cm³/mol. The minimum Gasteiger partial charge on any atom is -0.493 e. The molecule has 0 atom stereocenters. The maximum Gasteiger partial charge on any atom is 0.309 e. The Morgan fingerprint density at radius 2 is 1.92 bits per heavy atom. The molecule has 7 nitrogen and oxygen atoms in total. The number of halogens is 2. The van der Waals surface area contributed by atoms with Crippen LogP contribution in [0.5, 0.6) is 5.75 Å². The number of likely N-dealkylation sites (tertiary alicyclic amines) is 2. The molecule has 0 saturated carbocycles. The first-order valence-corrected chi connectivity index (χ1v) is 12.7. The zero-order chi connectivity index (χ0) is 25.5. The van der Waals surface area contributed by atoms with Gasteiger partial charge >= 0.3 is 5.97 Å². The van der Waals surface area contributed by atoms with Crippen LogP contribution < -0.4 is 4.74 Å². The van der Waals surface area contributed by atoms with Crippen molar-refractivity contribution < 1.29 is 23.9 Å². The van der Waals surface area contributed by atoms with Gasteiger partial charge in [-0.1, -0.05) is 28.9 Å². The number of nitrogens with zero attached hydrogens (tertiary/aromatic N) is 3. The number of carboxylic acid groups (broad SMARTS) is 1. The number of benzene rings is 2. The number of oxime groups is 1. The van der Waals surface area contributed by atoms with E-state index in [-0.39, 0.29) is 11.4 Å². The van der Waals surface area contributed by atoms with Crippen molar-refractivity contribution >= 4 is 23.4 Å². The molecule has 3 heterocycles. The summed E-state index contributed by atoms with van der Waals surface area (Å²) in [7, 11) is 0. The lowest BCUT2D eigenvalue weighted by Gasteiger charge is -2.45. The van der Waals surface area contributed by atoms with Gasteiger partial charge in [-0.2, -0.15) is 0 Å². The molecule has 0 aromatic heterocycles. The van der Waals surface area contributed by atoms with Gasteiger partial charge in [0.05, 0.1) is 23.5 Å². The van der Waals surface area contributed by atoms with Crippen LogP contribution in [0.3, 0.4) is 0 Å². The van der Waals surface area contributed by atoms with Gasteiger partial charge in [-0.05, 0) is 62.1 Å². The van der Waals surface area contributed by atoms with E-state index in [0.29, 0.717) is 49.9 Å². The standard InChI is InChI=1S/C27H31ClFN3O4/c1-3-35-22-13-18(12-21(28)24(22)19-4-6-20(29)7-5-19)15-31-16-27(17-31)14-23(30-36-27)32-10-8-26(2,9-11-32)25(33)34/h4-7,12-13H,3,8-11,14-17H2,1-2H3,(H,33,34). The van der Waals surface area contributed by atoms with Crippen LogP contribution in [0.1, 0.15) is 38.7 Å². The van der Waals surface area contributed by atoms with E-state index in [1.165, 1.54) is 12.1 Å². The van der Waals surface area contributed by atoms with Crippen LogP contribution in [0.4, 0.5) is 4.39 Å². The Labute approximate surface area is 215 Å². The molecule has 0 aliphatic carbocycles. The second kappa shape index (κ2) is 9.56. The molecule has 3 aliphatic heterocycles. The molecule has 3 aliphatic rings. The zero-order valence-corrected chi connectivity index (χ0v) is 21.4. The molecule has 0 amide bonds. The van der Waals surface area contributed by atoms with Crippen molar-refractivity contribution in [2.75, 3.05) is 32.8 Å². The lowest BCUT2D eigenvalue weighted by molar-refractivity contribution is -0.150. The average Bonchev–Trinajstić information content (AvgIpc) is 3.26. The van der Waals surface area contributed by atoms with Crippen LogP contribution in [0.15, 0.2) is 41.6 Å². The molecule has 0 radical (unpaired) electrons. The maximum atomic E-state index is 13.4. The van der Waals surface area contributed by atoms with E-state index in [1.54, 1.807) is 12.1 Å². The second-order valence-electron chi connectivity index (χ2n) is 10.3. The molecule has 5 rings (SSSR count). The number of aliphatic carboxylic acids is 1. The number of hydrogen-bond donors (Lipinski definition) is 1. The Kier molecular flexibility index (Phi) is 6.59. The third-order valence-electron chi connectivity index (χ3n) is 7.55. The number of carbonyl (C=O) groups is 1. The fourth-order valence-corrected chi connectivity index (χ4v) is 5.69. The molecule has 1 spiro atoms. The third-order valence-corrected chi connectivity index (χ3v) is 7.85. The van der Waals surface area contributed by atoms with Gasteiger partial charge in [0.25, 0.3) is 0 Å². The van der Waals surface area contributed by atoms with Gasteiger partial charge in [0.2, 0.25) is 0 Å². The highest BCUT2D eigenvalue weighted by atomic mass is 35.5. The number of amidine groups is 1. The summed E-state index contributed by atoms with van der Waals surface area (Å²) in [5.41, 5.74) is 1.63. The quantitative estimate of drug-likeness (QED) is 0.582. The van der Waals surface area contributed by atoms with Gasteiger partial charge in [0.15, 0.2) is 5.60 Å². The van der Waals surface area contributed by atoms with Crippen molar-refractivity contribution in [3.8, 4) is 16.9 Å². The first kappa shape index (κ1) is 24.8. The molecule has 9 heteroatoms. The average molecular weight is 516 g/mol. The number of hydrogen-bond acceptors (Lipinski definition) is 6. The number of rotatable bonds is 6. The predicted octanol–water partition coefficient (Wildman–Crippen LogP) is 5.02. The van der Waals surface area contributed by atoms with E-state index in [1.807, 2.05) is 26.0 Å². The summed E-state index contributed by atoms with van der Waals surface area (Å²) < 4.78 is 19.3. The molecule has 0 bridgehead atoms. The summed E-state index contributed by atoms with van der Waals surface area (Å²) in [5.74, 6) is 0.586. The monoisotopic (exact) mass is 515 g/mol. The first-order valence-electron chi connectivity index (χ1n) is 12.4. The molecular weight excluding hydrogens is 485 g/mol. The normalized spacial score (nSPS) is 20.6. The number of ether oxygens (including phenoxy) is 1. The molecule has 2 saturated heterocycles. The Bertz CT molecular complexity index is 1170. The van der Waals surface area contributed by atoms with E-state index >= 15 is 0 Å². The SMILES string of the molecule is CCOc1cc(CN2CC3(CC(N4CCC(C)(C(=O)O)CC4)=NO3)C2)cc(Cl)c1-c1ccc(F)cc1. The molecule has 2 aromatic rings. The molecule has 1 N–H and O–H groups in total. The van der Waals surface area contributed by atoms with E-state index in [2.05, 4.69) is 15.0 Å². The van der Waals surface area contributed by atoms with Gasteiger partial charge < -0.3 is 19.6 Å². The smallest absolute Gasteiger partial charge is 0.309 e. The van der Waals surface area contributed by atoms with Gasteiger partial charge in [-0.25, -0.2) is 4.39 Å². The van der Waals surface area contributed by atoms with Crippen LogP contribution in [0, 0.1) is 11.2 Å². The maximum absolute atomic E-state index is 13.4. The molecular formula is C27H31ClFN3O4. The summed E-state index contributed by atoms with van der Waals surface area (Å²) in [5, 5.41) is 14.4. The number of carboxylic acids is 1. The number of piperidine rings is 1. The Hall–Kier alpha value is -2.84. The zero-order valence-electron chi connectivity index (χ0n) is 20.6. The third kappa shape index (κ3) is 4.76. The molecule has 0 unspecified atom stereocenters. The minimum atomic E-state index is -0.726. The van der Waals surface area contributed by atoms with Crippen LogP contribution >= 0.6 is 11.6 Å². The molecule has 2 fully saturated rings. The van der Waals surface area contributed by atoms with Crippen LogP contribution in [-0.4, -0.2) is 65.1 Å². The molecule has 2 aromatic carbocycles. The van der Waals surface area contributed by atoms with E-state index in [0.717, 1.165) is 42.0 Å². The highest BCUT2D eigenvalue weighted by molar-refractivity contribution is 6.33. The fourth-order valence-electron chi connectivity index (χ4n) is 5.34. The summed E-state index contributed by atoms with van der Waals surface area (Å²) in [4.78, 5) is 21.9. The summed E-state index contributed by atoms with van der Waals surface area (Å²) >= 11 is 6.68. The van der Waals surface area contributed by atoms with Crippen molar-refractivity contribution in [3.63, 3.8) is 0 Å². The lowest BCUT2D eigenvalue weighted by atomic mass is 9.80. The van der Waals surface area contributed by atoms with Crippen molar-refractivity contribution in [3.05, 3.63) is 52.8 Å². The van der Waals surface area contributed by atoms with Crippen LogP contribution in [0.25, 0.3) is 11.1 Å². The van der Waals surface area contributed by atoms with Gasteiger partial charge in [0, 0.05) is 38.3 Å². The van der Waals surface area contributed by atoms with Gasteiger partial charge in [0.1, 0.15) is 17.4 Å². The van der Waals surface area contributed by atoms with Crippen molar-refractivity contribution in [1.82, 2.24) is 9.80 Å². The van der Waals surface area contributed by atoms with Crippen LogP contribution in [0.2, 0.25) is 5.02 Å². The largest absolute Gasteiger partial charge is 0.493 e. The van der Waals surface area contributed by atoms with E-state index in [4.69, 9.17) is 21.2 Å². The highest BCUT2D eigenvalue weighted by Gasteiger charge is 2.51. The highest BCUT2D eigenvalue weighted by Crippen LogP contribution is 2.41. The Morgan fingerprint density at radius 3 is 2.56 bits per heavy atom. The van der Waals surface area contributed by atoms with E-state index in [9.17, 15) is 14.3 Å². The molecule has 36 heavy (non-hydrogen) atoms. The topological polar surface area (TPSA) is 74.6 Å². The Balaban J connectivity index is 1.20. The molecule has 192 valence electrons. The fraction of sp³-hybridized carbons (Fsp3) is 0.481. The minimum absolute atomic E-state index is 0.295. The summed E-state index contributed by atoms with van der Waals surface area (Å²) in [6.07, 6.45) is 1.95. The second-order valence-corrected chi connectivity index (χ2v) is 10.8. The van der Waals surface area contributed by atoms with Gasteiger partial charge in [-0.15, -0.1) is 0 Å². The van der Waals surface area contributed by atoms with Crippen molar-refractivity contribution in [2.24, 2.45) is 10.6 Å². The Morgan fingerprint density at radius 1 is 1.22 bits per heavy atom. The van der Waals surface area contributed by atoms with E-state index < -0.39 is 11.4 Å².